The van der Waals surface area contributed by atoms with E-state index in [0.29, 0.717) is 42.9 Å². The number of carboxylic acids is 1. The van der Waals surface area contributed by atoms with E-state index in [0.717, 1.165) is 11.1 Å². The van der Waals surface area contributed by atoms with Crippen LogP contribution in [0, 0.1) is 11.3 Å². The molecule has 1 atom stereocenters. The molecule has 6 heteroatoms. The van der Waals surface area contributed by atoms with Crippen LogP contribution < -0.4 is 4.74 Å². The number of hydrogen-bond donors (Lipinski definition) is 1. The van der Waals surface area contributed by atoms with Crippen LogP contribution in [0.2, 0.25) is 0 Å². The molecular weight excluding hydrogens is 356 g/mol. The van der Waals surface area contributed by atoms with Gasteiger partial charge in [0.2, 0.25) is 0 Å². The van der Waals surface area contributed by atoms with Crippen molar-refractivity contribution in [3.8, 4) is 11.8 Å². The van der Waals surface area contributed by atoms with Crippen molar-refractivity contribution in [2.75, 3.05) is 6.54 Å². The number of carboxylic acid groups (broad SMARTS) is 1. The average molecular weight is 378 g/mol. The molecule has 3 rings (SSSR count). The number of nitriles is 1. The Morgan fingerprint density at radius 1 is 1.29 bits per heavy atom. The number of fused-ring (bicyclic) bond motifs is 1. The molecule has 28 heavy (non-hydrogen) atoms. The highest BCUT2D eigenvalue weighted by Crippen LogP contribution is 2.27. The van der Waals surface area contributed by atoms with Crippen LogP contribution in [0.3, 0.4) is 0 Å². The lowest BCUT2D eigenvalue weighted by Crippen LogP contribution is -2.45. The second-order valence-corrected chi connectivity index (χ2v) is 6.82. The molecule has 0 saturated carbocycles. The summed E-state index contributed by atoms with van der Waals surface area (Å²) in [6, 6.07) is 14.4. The van der Waals surface area contributed by atoms with Gasteiger partial charge in [-0.15, -0.1) is 0 Å². The van der Waals surface area contributed by atoms with Gasteiger partial charge in [0, 0.05) is 18.2 Å². The first-order valence-corrected chi connectivity index (χ1v) is 9.29. The lowest BCUT2D eigenvalue weighted by Gasteiger charge is -2.34. The molecular formula is C22H22N2O4. The molecule has 2 aromatic rings. The lowest BCUT2D eigenvalue weighted by atomic mass is 9.96. The second-order valence-electron chi connectivity index (χ2n) is 6.82. The van der Waals surface area contributed by atoms with Crippen molar-refractivity contribution in [3.05, 3.63) is 64.7 Å². The van der Waals surface area contributed by atoms with Gasteiger partial charge in [-0.05, 0) is 54.3 Å². The first-order chi connectivity index (χ1) is 13.5. The molecule has 144 valence electrons. The predicted octanol–water partition coefficient (Wildman–Crippen LogP) is 3.39. The predicted molar refractivity (Wildman–Crippen MR) is 103 cm³/mol. The molecule has 0 saturated heterocycles. The van der Waals surface area contributed by atoms with Crippen molar-refractivity contribution in [3.63, 3.8) is 0 Å². The van der Waals surface area contributed by atoms with E-state index in [2.05, 4.69) is 6.07 Å². The molecule has 1 amide bonds. The Hall–Kier alpha value is -3.33. The molecule has 1 aliphatic heterocycles. The highest BCUT2D eigenvalue weighted by atomic mass is 16.5. The number of nitrogens with zero attached hydrogens (tertiary/aromatic N) is 2. The van der Waals surface area contributed by atoms with E-state index in [1.54, 1.807) is 29.2 Å². The molecule has 1 N–H and O–H groups in total. The zero-order valence-electron chi connectivity index (χ0n) is 15.7. The van der Waals surface area contributed by atoms with Gasteiger partial charge in [0.05, 0.1) is 18.1 Å². The van der Waals surface area contributed by atoms with E-state index < -0.39 is 5.97 Å². The molecule has 0 fully saturated rings. The number of hydrogen-bond acceptors (Lipinski definition) is 4. The summed E-state index contributed by atoms with van der Waals surface area (Å²) >= 11 is 0. The van der Waals surface area contributed by atoms with Crippen molar-refractivity contribution < 1.29 is 19.4 Å². The minimum atomic E-state index is -0.892. The summed E-state index contributed by atoms with van der Waals surface area (Å²) in [5.74, 6) is -0.327. The number of benzene rings is 2. The fraction of sp³-hybridized carbons (Fsp3) is 0.318. The molecule has 1 aliphatic rings. The van der Waals surface area contributed by atoms with Crippen molar-refractivity contribution in [2.24, 2.45) is 0 Å². The fourth-order valence-corrected chi connectivity index (χ4v) is 3.44. The normalized spacial score (nSPS) is 14.1. The number of amides is 1. The van der Waals surface area contributed by atoms with E-state index >= 15 is 0 Å². The third kappa shape index (κ3) is 4.32. The third-order valence-electron chi connectivity index (χ3n) is 5.00. The Kier molecular flexibility index (Phi) is 5.95. The molecule has 1 heterocycles. The average Bonchev–Trinajstić information content (AvgIpc) is 2.71. The van der Waals surface area contributed by atoms with Crippen molar-refractivity contribution in [1.82, 2.24) is 4.90 Å². The maximum Gasteiger partial charge on any atom is 0.305 e. The molecule has 1 unspecified atom stereocenters. The maximum atomic E-state index is 12.8. The van der Waals surface area contributed by atoms with Gasteiger partial charge >= 0.3 is 5.97 Å². The topological polar surface area (TPSA) is 90.6 Å². The van der Waals surface area contributed by atoms with Gasteiger partial charge < -0.3 is 14.7 Å². The summed E-state index contributed by atoms with van der Waals surface area (Å²) in [4.78, 5) is 25.6. The van der Waals surface area contributed by atoms with Crippen LogP contribution in [0.1, 0.15) is 46.8 Å². The molecule has 2 aromatic carbocycles. The van der Waals surface area contributed by atoms with E-state index in [9.17, 15) is 9.59 Å². The monoisotopic (exact) mass is 378 g/mol. The van der Waals surface area contributed by atoms with Crippen LogP contribution in [0.5, 0.6) is 5.75 Å². The lowest BCUT2D eigenvalue weighted by molar-refractivity contribution is -0.138. The number of ether oxygens (including phenoxy) is 1. The Balaban J connectivity index is 1.69. The Bertz CT molecular complexity index is 915. The minimum Gasteiger partial charge on any atom is -0.489 e. The number of aliphatic carboxylic acids is 1. The second kappa shape index (κ2) is 8.57. The summed E-state index contributed by atoms with van der Waals surface area (Å²) < 4.78 is 5.83. The van der Waals surface area contributed by atoms with E-state index in [4.69, 9.17) is 15.1 Å². The van der Waals surface area contributed by atoms with Crippen LogP contribution >= 0.6 is 0 Å². The first kappa shape index (κ1) is 19.4. The zero-order valence-corrected chi connectivity index (χ0v) is 15.7. The van der Waals surface area contributed by atoms with E-state index in [-0.39, 0.29) is 18.4 Å². The summed E-state index contributed by atoms with van der Waals surface area (Å²) in [6.07, 6.45) is 1.24. The van der Waals surface area contributed by atoms with Gasteiger partial charge in [-0.3, -0.25) is 9.59 Å². The number of carbonyl (C=O) groups is 2. The number of carbonyl (C=O) groups excluding carboxylic acids is 1. The van der Waals surface area contributed by atoms with Gasteiger partial charge in [-0.1, -0.05) is 19.1 Å². The quantitative estimate of drug-likeness (QED) is 0.797. The van der Waals surface area contributed by atoms with Crippen molar-refractivity contribution in [1.29, 1.82) is 5.26 Å². The highest BCUT2D eigenvalue weighted by molar-refractivity contribution is 5.97. The SMILES string of the molecule is CCC(CC(=O)O)N1CCc2cc(OCc3ccc(C#N)cc3)ccc2C1=O. The van der Waals surface area contributed by atoms with Gasteiger partial charge in [-0.25, -0.2) is 0 Å². The van der Waals surface area contributed by atoms with E-state index in [1.165, 1.54) is 0 Å². The molecule has 0 aliphatic carbocycles. The van der Waals surface area contributed by atoms with Crippen LogP contribution in [-0.2, 0) is 17.8 Å². The molecule has 0 bridgehead atoms. The van der Waals surface area contributed by atoms with Gasteiger partial charge in [0.25, 0.3) is 5.91 Å². The summed E-state index contributed by atoms with van der Waals surface area (Å²) in [5, 5.41) is 17.9. The van der Waals surface area contributed by atoms with Gasteiger partial charge in [-0.2, -0.15) is 5.26 Å². The fourth-order valence-electron chi connectivity index (χ4n) is 3.44. The Morgan fingerprint density at radius 3 is 2.68 bits per heavy atom. The smallest absolute Gasteiger partial charge is 0.305 e. The largest absolute Gasteiger partial charge is 0.489 e. The molecule has 0 spiro atoms. The van der Waals surface area contributed by atoms with Gasteiger partial charge in [0.1, 0.15) is 12.4 Å². The molecule has 6 nitrogen and oxygen atoms in total. The number of rotatable bonds is 7. The van der Waals surface area contributed by atoms with Crippen LogP contribution in [0.25, 0.3) is 0 Å². The van der Waals surface area contributed by atoms with E-state index in [1.807, 2.05) is 25.1 Å². The van der Waals surface area contributed by atoms with Crippen LogP contribution in [0.15, 0.2) is 42.5 Å². The first-order valence-electron chi connectivity index (χ1n) is 9.29. The minimum absolute atomic E-state index is 0.0383. The molecule has 0 aromatic heterocycles. The van der Waals surface area contributed by atoms with Crippen molar-refractivity contribution in [2.45, 2.75) is 38.8 Å². The molecule has 0 radical (unpaired) electrons. The van der Waals surface area contributed by atoms with Crippen LogP contribution in [-0.4, -0.2) is 34.5 Å². The van der Waals surface area contributed by atoms with Crippen molar-refractivity contribution >= 4 is 11.9 Å². The van der Waals surface area contributed by atoms with Crippen LogP contribution in [0.4, 0.5) is 0 Å². The van der Waals surface area contributed by atoms with Gasteiger partial charge in [0.15, 0.2) is 0 Å². The highest BCUT2D eigenvalue weighted by Gasteiger charge is 2.30. The summed E-state index contributed by atoms with van der Waals surface area (Å²) in [6.45, 7) is 2.79. The third-order valence-corrected chi connectivity index (χ3v) is 5.00. The standard InChI is InChI=1S/C22H22N2O4/c1-2-18(12-21(25)26)24-10-9-17-11-19(7-8-20(17)22(24)27)28-14-16-5-3-15(13-23)4-6-16/h3-8,11,18H,2,9-10,12,14H2,1H3,(H,25,26). The zero-order chi connectivity index (χ0) is 20.1. The maximum absolute atomic E-state index is 12.8. The summed E-state index contributed by atoms with van der Waals surface area (Å²) in [5.41, 5.74) is 3.09. The Morgan fingerprint density at radius 2 is 2.04 bits per heavy atom. The summed E-state index contributed by atoms with van der Waals surface area (Å²) in [7, 11) is 0. The Labute approximate surface area is 164 Å².